The molecule has 2 unspecified atom stereocenters. The number of rotatable bonds is 2. The molecule has 3 rings (SSSR count). The van der Waals surface area contributed by atoms with E-state index >= 15 is 0 Å². The molecule has 1 N–H and O–H groups in total. The molecule has 20 heavy (non-hydrogen) atoms. The van der Waals surface area contributed by atoms with Crippen molar-refractivity contribution in [3.63, 3.8) is 0 Å². The van der Waals surface area contributed by atoms with E-state index in [-0.39, 0.29) is 11.5 Å². The standard InChI is InChI=1S/C15H22N2O3/c1-11-16-6-2-13(17-11)14(18)12-3-7-20-15(10-12)4-8-19-9-5-15/h2,6,12,14,18H,3-5,7-10H2,1H3. The number of aromatic nitrogens is 2. The molecule has 0 aliphatic carbocycles. The molecule has 5 nitrogen and oxygen atoms in total. The highest BCUT2D eigenvalue weighted by Gasteiger charge is 2.41. The van der Waals surface area contributed by atoms with E-state index in [0.717, 1.165) is 44.6 Å². The van der Waals surface area contributed by atoms with E-state index in [9.17, 15) is 5.11 Å². The molecule has 0 aromatic carbocycles. The molecule has 0 radical (unpaired) electrons. The normalized spacial score (nSPS) is 27.4. The fraction of sp³-hybridized carbons (Fsp3) is 0.733. The summed E-state index contributed by atoms with van der Waals surface area (Å²) >= 11 is 0. The van der Waals surface area contributed by atoms with Crippen LogP contribution in [-0.2, 0) is 9.47 Å². The summed E-state index contributed by atoms with van der Waals surface area (Å²) in [6.45, 7) is 4.08. The van der Waals surface area contributed by atoms with Gasteiger partial charge in [0.15, 0.2) is 0 Å². The van der Waals surface area contributed by atoms with Crippen LogP contribution in [0.3, 0.4) is 0 Å². The summed E-state index contributed by atoms with van der Waals surface area (Å²) in [5, 5.41) is 10.6. The van der Waals surface area contributed by atoms with E-state index in [1.165, 1.54) is 0 Å². The topological polar surface area (TPSA) is 64.5 Å². The van der Waals surface area contributed by atoms with Gasteiger partial charge in [-0.1, -0.05) is 0 Å². The monoisotopic (exact) mass is 278 g/mol. The van der Waals surface area contributed by atoms with Gasteiger partial charge in [-0.3, -0.25) is 0 Å². The van der Waals surface area contributed by atoms with Crippen LogP contribution in [0.15, 0.2) is 12.3 Å². The van der Waals surface area contributed by atoms with Gasteiger partial charge in [0.2, 0.25) is 0 Å². The Hall–Kier alpha value is -1.04. The molecule has 2 aliphatic heterocycles. The number of ether oxygens (including phenoxy) is 2. The first kappa shape index (κ1) is 13.9. The molecule has 1 aromatic heterocycles. The summed E-state index contributed by atoms with van der Waals surface area (Å²) < 4.78 is 11.5. The van der Waals surface area contributed by atoms with Crippen molar-refractivity contribution in [2.24, 2.45) is 5.92 Å². The highest BCUT2D eigenvalue weighted by atomic mass is 16.5. The van der Waals surface area contributed by atoms with Crippen LogP contribution in [0.1, 0.15) is 43.3 Å². The van der Waals surface area contributed by atoms with E-state index < -0.39 is 6.10 Å². The van der Waals surface area contributed by atoms with Crippen molar-refractivity contribution in [1.29, 1.82) is 0 Å². The van der Waals surface area contributed by atoms with Crippen molar-refractivity contribution in [1.82, 2.24) is 9.97 Å². The van der Waals surface area contributed by atoms with Crippen LogP contribution in [0.4, 0.5) is 0 Å². The fourth-order valence-electron chi connectivity index (χ4n) is 3.31. The summed E-state index contributed by atoms with van der Waals surface area (Å²) in [5.74, 6) is 0.908. The number of aliphatic hydroxyl groups is 1. The number of nitrogens with zero attached hydrogens (tertiary/aromatic N) is 2. The largest absolute Gasteiger partial charge is 0.387 e. The Bertz CT molecular complexity index is 455. The minimum atomic E-state index is -0.527. The Morgan fingerprint density at radius 1 is 1.35 bits per heavy atom. The van der Waals surface area contributed by atoms with Gasteiger partial charge in [-0.2, -0.15) is 0 Å². The molecule has 0 bridgehead atoms. The van der Waals surface area contributed by atoms with Crippen LogP contribution < -0.4 is 0 Å². The number of aryl methyl sites for hydroxylation is 1. The van der Waals surface area contributed by atoms with E-state index in [1.807, 2.05) is 13.0 Å². The number of hydrogen-bond acceptors (Lipinski definition) is 5. The van der Waals surface area contributed by atoms with Crippen molar-refractivity contribution in [2.75, 3.05) is 19.8 Å². The van der Waals surface area contributed by atoms with Crippen LogP contribution >= 0.6 is 0 Å². The Kier molecular flexibility index (Phi) is 4.01. The predicted octanol–water partition coefficient (Wildman–Crippen LogP) is 1.79. The average Bonchev–Trinajstić information content (AvgIpc) is 2.47. The van der Waals surface area contributed by atoms with Gasteiger partial charge in [0.05, 0.1) is 17.4 Å². The number of hydrogen-bond donors (Lipinski definition) is 1. The van der Waals surface area contributed by atoms with Gasteiger partial charge in [-0.05, 0) is 44.6 Å². The third-order valence-corrected chi connectivity index (χ3v) is 4.48. The van der Waals surface area contributed by atoms with Crippen molar-refractivity contribution in [3.8, 4) is 0 Å². The molecule has 0 saturated carbocycles. The van der Waals surface area contributed by atoms with Gasteiger partial charge in [-0.25, -0.2) is 9.97 Å². The first-order chi connectivity index (χ1) is 9.69. The molecule has 2 atom stereocenters. The van der Waals surface area contributed by atoms with Crippen molar-refractivity contribution in [3.05, 3.63) is 23.8 Å². The number of aliphatic hydroxyl groups excluding tert-OH is 1. The summed E-state index contributed by atoms with van der Waals surface area (Å²) in [5.41, 5.74) is 0.635. The molecular weight excluding hydrogens is 256 g/mol. The summed E-state index contributed by atoms with van der Waals surface area (Å²) in [6, 6.07) is 1.81. The zero-order valence-electron chi connectivity index (χ0n) is 11.9. The third kappa shape index (κ3) is 2.85. The highest BCUT2D eigenvalue weighted by molar-refractivity contribution is 5.07. The van der Waals surface area contributed by atoms with E-state index in [4.69, 9.17) is 9.47 Å². The molecule has 2 saturated heterocycles. The lowest BCUT2D eigenvalue weighted by Crippen LogP contribution is -2.45. The average molecular weight is 278 g/mol. The molecule has 1 aromatic rings. The Balaban J connectivity index is 1.73. The maximum atomic E-state index is 10.6. The maximum Gasteiger partial charge on any atom is 0.125 e. The van der Waals surface area contributed by atoms with Crippen LogP contribution in [0.2, 0.25) is 0 Å². The lowest BCUT2D eigenvalue weighted by Gasteiger charge is -2.44. The van der Waals surface area contributed by atoms with E-state index in [1.54, 1.807) is 6.20 Å². The molecule has 0 amide bonds. The van der Waals surface area contributed by atoms with Crippen molar-refractivity contribution >= 4 is 0 Å². The summed E-state index contributed by atoms with van der Waals surface area (Å²) in [4.78, 5) is 8.44. The Morgan fingerprint density at radius 3 is 2.90 bits per heavy atom. The molecule has 5 heteroatoms. The summed E-state index contributed by atoms with van der Waals surface area (Å²) in [6.07, 6.45) is 4.82. The van der Waals surface area contributed by atoms with Gasteiger partial charge in [0.1, 0.15) is 5.82 Å². The van der Waals surface area contributed by atoms with E-state index in [0.29, 0.717) is 12.4 Å². The van der Waals surface area contributed by atoms with Crippen molar-refractivity contribution in [2.45, 2.75) is 44.3 Å². The smallest absolute Gasteiger partial charge is 0.125 e. The van der Waals surface area contributed by atoms with Gasteiger partial charge >= 0.3 is 0 Å². The first-order valence-electron chi connectivity index (χ1n) is 7.38. The van der Waals surface area contributed by atoms with Crippen LogP contribution in [0, 0.1) is 12.8 Å². The van der Waals surface area contributed by atoms with Crippen LogP contribution in [0.5, 0.6) is 0 Å². The second kappa shape index (κ2) is 5.76. The zero-order valence-corrected chi connectivity index (χ0v) is 11.9. The minimum Gasteiger partial charge on any atom is -0.387 e. The molecule has 110 valence electrons. The lowest BCUT2D eigenvalue weighted by molar-refractivity contribution is -0.159. The van der Waals surface area contributed by atoms with Crippen LogP contribution in [0.25, 0.3) is 0 Å². The molecule has 3 heterocycles. The SMILES string of the molecule is Cc1nccc(C(O)C2CCOC3(CCOCC3)C2)n1. The minimum absolute atomic E-state index is 0.0930. The Morgan fingerprint density at radius 2 is 2.15 bits per heavy atom. The Labute approximate surface area is 119 Å². The van der Waals surface area contributed by atoms with Gasteiger partial charge in [-0.15, -0.1) is 0 Å². The fourth-order valence-corrected chi connectivity index (χ4v) is 3.31. The predicted molar refractivity (Wildman–Crippen MR) is 73.2 cm³/mol. The highest BCUT2D eigenvalue weighted by Crippen LogP contribution is 2.41. The van der Waals surface area contributed by atoms with Gasteiger partial charge < -0.3 is 14.6 Å². The van der Waals surface area contributed by atoms with E-state index in [2.05, 4.69) is 9.97 Å². The first-order valence-corrected chi connectivity index (χ1v) is 7.38. The maximum absolute atomic E-state index is 10.6. The second-order valence-electron chi connectivity index (χ2n) is 5.87. The van der Waals surface area contributed by atoms with Gasteiger partial charge in [0.25, 0.3) is 0 Å². The molecule has 1 spiro atoms. The third-order valence-electron chi connectivity index (χ3n) is 4.48. The van der Waals surface area contributed by atoms with Crippen LogP contribution in [-0.4, -0.2) is 40.5 Å². The second-order valence-corrected chi connectivity index (χ2v) is 5.87. The molecule has 2 fully saturated rings. The molecular formula is C15H22N2O3. The lowest BCUT2D eigenvalue weighted by atomic mass is 9.78. The van der Waals surface area contributed by atoms with Gasteiger partial charge in [0, 0.05) is 26.0 Å². The quantitative estimate of drug-likeness (QED) is 0.893. The summed E-state index contributed by atoms with van der Waals surface area (Å²) in [7, 11) is 0. The molecule has 2 aliphatic rings. The zero-order chi connectivity index (χ0) is 14.0. The van der Waals surface area contributed by atoms with Crippen molar-refractivity contribution < 1.29 is 14.6 Å².